The number of halogens is 3. The molecular weight excluding hydrogens is 197 g/mol. The molecule has 0 aliphatic heterocycles. The Bertz CT molecular complexity index is 325. The number of hydrogen-bond donors (Lipinski definition) is 0. The summed E-state index contributed by atoms with van der Waals surface area (Å²) in [6.07, 6.45) is -2.55. The van der Waals surface area contributed by atoms with E-state index in [1.165, 1.54) is 0 Å². The monoisotopic (exact) mass is 204 g/mol. The van der Waals surface area contributed by atoms with E-state index in [1.54, 1.807) is 0 Å². The number of carbonyl (C=O) groups is 1. The van der Waals surface area contributed by atoms with Crippen molar-refractivity contribution in [2.24, 2.45) is 0 Å². The lowest BCUT2D eigenvalue weighted by molar-refractivity contribution is -0.141. The Kier molecular flexibility index (Phi) is 3.16. The van der Waals surface area contributed by atoms with Gasteiger partial charge in [0.1, 0.15) is 17.8 Å². The predicted octanol–water partition coefficient (Wildman–Crippen LogP) is 1.63. The predicted molar refractivity (Wildman–Crippen MR) is 41.4 cm³/mol. The molecule has 0 aromatic carbocycles. The normalized spacial score (nSPS) is 11.4. The SMILES string of the molecule is O=CCCc1nccc(C(F)(F)F)n1. The Morgan fingerprint density at radius 3 is 2.71 bits per heavy atom. The molecule has 0 saturated carbocycles. The summed E-state index contributed by atoms with van der Waals surface area (Å²) in [6, 6.07) is 0.796. The maximum atomic E-state index is 12.1. The second-order valence-electron chi connectivity index (χ2n) is 2.56. The van der Waals surface area contributed by atoms with E-state index in [1.807, 2.05) is 0 Å². The summed E-state index contributed by atoms with van der Waals surface area (Å²) in [5.74, 6) is 0.0342. The average Bonchev–Trinajstić information content (AvgIpc) is 2.14. The smallest absolute Gasteiger partial charge is 0.303 e. The van der Waals surface area contributed by atoms with Crippen LogP contribution >= 0.6 is 0 Å². The molecule has 0 radical (unpaired) electrons. The van der Waals surface area contributed by atoms with E-state index < -0.39 is 11.9 Å². The van der Waals surface area contributed by atoms with Crippen LogP contribution in [0.1, 0.15) is 17.9 Å². The molecule has 0 bridgehead atoms. The van der Waals surface area contributed by atoms with Crippen molar-refractivity contribution in [3.05, 3.63) is 23.8 Å². The number of carbonyl (C=O) groups excluding carboxylic acids is 1. The zero-order chi connectivity index (χ0) is 10.6. The molecule has 0 amide bonds. The van der Waals surface area contributed by atoms with Gasteiger partial charge in [-0.3, -0.25) is 0 Å². The van der Waals surface area contributed by atoms with Gasteiger partial charge in [0.2, 0.25) is 0 Å². The Morgan fingerprint density at radius 2 is 2.14 bits per heavy atom. The van der Waals surface area contributed by atoms with Crippen LogP contribution in [-0.2, 0) is 17.4 Å². The Morgan fingerprint density at radius 1 is 1.43 bits per heavy atom. The molecule has 1 aromatic heterocycles. The van der Waals surface area contributed by atoms with Crippen molar-refractivity contribution in [1.29, 1.82) is 0 Å². The van der Waals surface area contributed by atoms with Gasteiger partial charge in [0, 0.05) is 19.0 Å². The van der Waals surface area contributed by atoms with Crippen LogP contribution in [-0.4, -0.2) is 16.3 Å². The summed E-state index contributed by atoms with van der Waals surface area (Å²) in [6.45, 7) is 0. The number of hydrogen-bond acceptors (Lipinski definition) is 3. The number of nitrogens with zero attached hydrogens (tertiary/aromatic N) is 2. The van der Waals surface area contributed by atoms with E-state index in [0.717, 1.165) is 12.3 Å². The number of aromatic nitrogens is 2. The first kappa shape index (κ1) is 10.6. The molecule has 1 aromatic rings. The largest absolute Gasteiger partial charge is 0.433 e. The van der Waals surface area contributed by atoms with Gasteiger partial charge in [0.05, 0.1) is 0 Å². The molecule has 0 atom stereocenters. The van der Waals surface area contributed by atoms with Gasteiger partial charge < -0.3 is 4.79 Å². The van der Waals surface area contributed by atoms with Crippen molar-refractivity contribution >= 4 is 6.29 Å². The fraction of sp³-hybridized carbons (Fsp3) is 0.375. The van der Waals surface area contributed by atoms with Crippen LogP contribution in [0.25, 0.3) is 0 Å². The molecule has 0 saturated heterocycles. The van der Waals surface area contributed by atoms with Crippen molar-refractivity contribution in [2.75, 3.05) is 0 Å². The molecule has 0 spiro atoms. The van der Waals surface area contributed by atoms with Crippen LogP contribution in [0.4, 0.5) is 13.2 Å². The molecule has 14 heavy (non-hydrogen) atoms. The van der Waals surface area contributed by atoms with E-state index in [-0.39, 0.29) is 18.7 Å². The first-order valence-electron chi connectivity index (χ1n) is 3.87. The average molecular weight is 204 g/mol. The number of aldehydes is 1. The van der Waals surface area contributed by atoms with Gasteiger partial charge in [-0.15, -0.1) is 0 Å². The van der Waals surface area contributed by atoms with Gasteiger partial charge in [-0.25, -0.2) is 9.97 Å². The van der Waals surface area contributed by atoms with Crippen LogP contribution in [0, 0.1) is 0 Å². The zero-order valence-corrected chi connectivity index (χ0v) is 7.08. The lowest BCUT2D eigenvalue weighted by Gasteiger charge is -2.05. The maximum Gasteiger partial charge on any atom is 0.433 e. The number of alkyl halides is 3. The van der Waals surface area contributed by atoms with Crippen molar-refractivity contribution in [1.82, 2.24) is 9.97 Å². The highest BCUT2D eigenvalue weighted by Gasteiger charge is 2.32. The van der Waals surface area contributed by atoms with Crippen LogP contribution in [0.15, 0.2) is 12.3 Å². The van der Waals surface area contributed by atoms with Gasteiger partial charge in [0.25, 0.3) is 0 Å². The van der Waals surface area contributed by atoms with E-state index in [0.29, 0.717) is 6.29 Å². The van der Waals surface area contributed by atoms with Crippen molar-refractivity contribution in [3.63, 3.8) is 0 Å². The molecule has 0 unspecified atom stereocenters. The second kappa shape index (κ2) is 4.17. The van der Waals surface area contributed by atoms with Crippen LogP contribution in [0.3, 0.4) is 0 Å². The molecule has 0 aliphatic rings. The standard InChI is InChI=1S/C8H7F3N2O/c9-8(10,11)6-3-4-12-7(13-6)2-1-5-14/h3-5H,1-2H2. The molecule has 0 N–H and O–H groups in total. The Hall–Kier alpha value is -1.46. The van der Waals surface area contributed by atoms with E-state index in [4.69, 9.17) is 0 Å². The highest BCUT2D eigenvalue weighted by Crippen LogP contribution is 2.26. The number of rotatable bonds is 3. The Balaban J connectivity index is 2.84. The highest BCUT2D eigenvalue weighted by molar-refractivity contribution is 5.49. The fourth-order valence-corrected chi connectivity index (χ4v) is 0.865. The van der Waals surface area contributed by atoms with Gasteiger partial charge in [0.15, 0.2) is 0 Å². The van der Waals surface area contributed by atoms with Gasteiger partial charge in [-0.2, -0.15) is 13.2 Å². The maximum absolute atomic E-state index is 12.1. The van der Waals surface area contributed by atoms with E-state index >= 15 is 0 Å². The van der Waals surface area contributed by atoms with E-state index in [9.17, 15) is 18.0 Å². The number of aryl methyl sites for hydroxylation is 1. The summed E-state index contributed by atoms with van der Waals surface area (Å²) in [7, 11) is 0. The van der Waals surface area contributed by atoms with Crippen LogP contribution in [0.2, 0.25) is 0 Å². The summed E-state index contributed by atoms with van der Waals surface area (Å²) >= 11 is 0. The van der Waals surface area contributed by atoms with Gasteiger partial charge >= 0.3 is 6.18 Å². The zero-order valence-electron chi connectivity index (χ0n) is 7.08. The third kappa shape index (κ3) is 2.79. The summed E-state index contributed by atoms with van der Waals surface area (Å²) in [5.41, 5.74) is -0.978. The van der Waals surface area contributed by atoms with Crippen molar-refractivity contribution in [2.45, 2.75) is 19.0 Å². The molecule has 0 aliphatic carbocycles. The second-order valence-corrected chi connectivity index (χ2v) is 2.56. The molecular formula is C8H7F3N2O. The lowest BCUT2D eigenvalue weighted by atomic mass is 10.3. The van der Waals surface area contributed by atoms with E-state index in [2.05, 4.69) is 9.97 Å². The minimum atomic E-state index is -4.46. The lowest BCUT2D eigenvalue weighted by Crippen LogP contribution is -2.10. The molecule has 3 nitrogen and oxygen atoms in total. The highest BCUT2D eigenvalue weighted by atomic mass is 19.4. The molecule has 1 rings (SSSR count). The minimum Gasteiger partial charge on any atom is -0.303 e. The quantitative estimate of drug-likeness (QED) is 0.702. The van der Waals surface area contributed by atoms with Gasteiger partial charge in [-0.1, -0.05) is 0 Å². The summed E-state index contributed by atoms with van der Waals surface area (Å²) in [4.78, 5) is 16.9. The molecule has 1 heterocycles. The van der Waals surface area contributed by atoms with Gasteiger partial charge in [-0.05, 0) is 6.07 Å². The molecule has 6 heteroatoms. The first-order chi connectivity index (χ1) is 6.54. The van der Waals surface area contributed by atoms with Crippen LogP contribution in [0.5, 0.6) is 0 Å². The van der Waals surface area contributed by atoms with Crippen molar-refractivity contribution < 1.29 is 18.0 Å². The minimum absolute atomic E-state index is 0.0342. The fourth-order valence-electron chi connectivity index (χ4n) is 0.865. The molecule has 0 fully saturated rings. The van der Waals surface area contributed by atoms with Crippen LogP contribution < -0.4 is 0 Å². The molecule has 76 valence electrons. The summed E-state index contributed by atoms with van der Waals surface area (Å²) in [5, 5.41) is 0. The first-order valence-corrected chi connectivity index (χ1v) is 3.87. The Labute approximate surface area is 78.0 Å². The van der Waals surface area contributed by atoms with Crippen molar-refractivity contribution in [3.8, 4) is 0 Å². The third-order valence-electron chi connectivity index (χ3n) is 1.48. The summed E-state index contributed by atoms with van der Waals surface area (Å²) < 4.78 is 36.4. The third-order valence-corrected chi connectivity index (χ3v) is 1.48. The topological polar surface area (TPSA) is 42.9 Å².